The SMILES string of the molecule is C=CC[C@@](CC(=O)OC(C)(C)C)(CC(C)C)C(=O)O. The number of esters is 1. The van der Waals surface area contributed by atoms with Crippen molar-refractivity contribution in [3.63, 3.8) is 0 Å². The second-order valence-corrected chi connectivity index (χ2v) is 6.44. The molecule has 0 radical (unpaired) electrons. The summed E-state index contributed by atoms with van der Waals surface area (Å²) in [4.78, 5) is 23.5. The third kappa shape index (κ3) is 6.41. The van der Waals surface area contributed by atoms with Gasteiger partial charge >= 0.3 is 11.9 Å². The molecule has 0 spiro atoms. The molecular formula is C15H26O4. The van der Waals surface area contributed by atoms with Gasteiger partial charge in [0, 0.05) is 0 Å². The first-order valence-corrected chi connectivity index (χ1v) is 6.58. The van der Waals surface area contributed by atoms with Crippen LogP contribution in [0.2, 0.25) is 0 Å². The fraction of sp³-hybridized carbons (Fsp3) is 0.733. The standard InChI is InChI=1S/C15H26O4/c1-7-8-15(13(17)18,9-11(2)3)10-12(16)19-14(4,5)6/h7,11H,1,8-10H2,2-6H3,(H,17,18)/t15-/m0/s1. The zero-order valence-corrected chi connectivity index (χ0v) is 12.7. The Bertz CT molecular complexity index is 339. The van der Waals surface area contributed by atoms with Crippen LogP contribution in [-0.4, -0.2) is 22.6 Å². The van der Waals surface area contributed by atoms with Gasteiger partial charge in [0.2, 0.25) is 0 Å². The first-order valence-electron chi connectivity index (χ1n) is 6.58. The molecule has 4 heteroatoms. The molecule has 0 aromatic heterocycles. The monoisotopic (exact) mass is 270 g/mol. The van der Waals surface area contributed by atoms with Crippen molar-refractivity contribution in [1.29, 1.82) is 0 Å². The van der Waals surface area contributed by atoms with E-state index >= 15 is 0 Å². The highest BCUT2D eigenvalue weighted by Crippen LogP contribution is 2.36. The minimum absolute atomic E-state index is 0.121. The van der Waals surface area contributed by atoms with Crippen LogP contribution in [0.3, 0.4) is 0 Å². The number of hydrogen-bond donors (Lipinski definition) is 1. The van der Waals surface area contributed by atoms with Crippen LogP contribution in [-0.2, 0) is 14.3 Å². The van der Waals surface area contributed by atoms with Gasteiger partial charge < -0.3 is 9.84 Å². The van der Waals surface area contributed by atoms with E-state index in [1.807, 2.05) is 13.8 Å². The van der Waals surface area contributed by atoms with Crippen LogP contribution in [0.25, 0.3) is 0 Å². The van der Waals surface area contributed by atoms with E-state index in [9.17, 15) is 14.7 Å². The van der Waals surface area contributed by atoms with Gasteiger partial charge in [0.25, 0.3) is 0 Å². The number of aliphatic carboxylic acids is 1. The molecule has 0 fully saturated rings. The maximum Gasteiger partial charge on any atom is 0.310 e. The van der Waals surface area contributed by atoms with Crippen LogP contribution in [0.4, 0.5) is 0 Å². The van der Waals surface area contributed by atoms with E-state index in [4.69, 9.17) is 4.74 Å². The van der Waals surface area contributed by atoms with Crippen LogP contribution in [0, 0.1) is 11.3 Å². The van der Waals surface area contributed by atoms with E-state index in [0.29, 0.717) is 6.42 Å². The number of carbonyl (C=O) groups excluding carboxylic acids is 1. The molecule has 0 bridgehead atoms. The topological polar surface area (TPSA) is 63.6 Å². The number of ether oxygens (including phenoxy) is 1. The fourth-order valence-electron chi connectivity index (χ4n) is 2.19. The van der Waals surface area contributed by atoms with E-state index < -0.39 is 23.0 Å². The fourth-order valence-corrected chi connectivity index (χ4v) is 2.19. The second-order valence-electron chi connectivity index (χ2n) is 6.44. The Morgan fingerprint density at radius 1 is 1.32 bits per heavy atom. The Hall–Kier alpha value is -1.32. The number of carbonyl (C=O) groups is 2. The van der Waals surface area contributed by atoms with Crippen LogP contribution in [0.15, 0.2) is 12.7 Å². The van der Waals surface area contributed by atoms with Crippen molar-refractivity contribution >= 4 is 11.9 Å². The Balaban J connectivity index is 5.07. The summed E-state index contributed by atoms with van der Waals surface area (Å²) >= 11 is 0. The molecule has 0 saturated carbocycles. The van der Waals surface area contributed by atoms with E-state index in [2.05, 4.69) is 6.58 Å². The smallest absolute Gasteiger partial charge is 0.310 e. The highest BCUT2D eigenvalue weighted by atomic mass is 16.6. The van der Waals surface area contributed by atoms with Gasteiger partial charge in [-0.15, -0.1) is 6.58 Å². The molecule has 0 rings (SSSR count). The van der Waals surface area contributed by atoms with Crippen molar-refractivity contribution in [1.82, 2.24) is 0 Å². The number of carboxylic acids is 1. The molecule has 0 aromatic carbocycles. The van der Waals surface area contributed by atoms with Gasteiger partial charge in [0.15, 0.2) is 0 Å². The Kier molecular flexibility index (Phi) is 6.27. The summed E-state index contributed by atoms with van der Waals surface area (Å²) < 4.78 is 5.23. The molecule has 0 aromatic rings. The highest BCUT2D eigenvalue weighted by molar-refractivity contribution is 5.82. The highest BCUT2D eigenvalue weighted by Gasteiger charge is 2.41. The minimum Gasteiger partial charge on any atom is -0.481 e. The Morgan fingerprint density at radius 3 is 2.16 bits per heavy atom. The zero-order valence-electron chi connectivity index (χ0n) is 12.7. The lowest BCUT2D eigenvalue weighted by atomic mass is 9.74. The van der Waals surface area contributed by atoms with Gasteiger partial charge in [-0.2, -0.15) is 0 Å². The predicted molar refractivity (Wildman–Crippen MR) is 74.8 cm³/mol. The Labute approximate surface area is 115 Å². The molecule has 110 valence electrons. The lowest BCUT2D eigenvalue weighted by Crippen LogP contribution is -2.37. The first kappa shape index (κ1) is 17.7. The molecule has 0 amide bonds. The van der Waals surface area contributed by atoms with Gasteiger partial charge in [0.05, 0.1) is 11.8 Å². The van der Waals surface area contributed by atoms with Crippen molar-refractivity contribution in [3.05, 3.63) is 12.7 Å². The summed E-state index contributed by atoms with van der Waals surface area (Å²) in [5.74, 6) is -1.26. The number of carboxylic acid groups (broad SMARTS) is 1. The van der Waals surface area contributed by atoms with Crippen molar-refractivity contribution in [2.75, 3.05) is 0 Å². The van der Waals surface area contributed by atoms with Crippen LogP contribution in [0.1, 0.15) is 53.9 Å². The lowest BCUT2D eigenvalue weighted by Gasteiger charge is -2.30. The number of rotatable bonds is 7. The third-order valence-corrected chi connectivity index (χ3v) is 2.69. The second kappa shape index (κ2) is 6.73. The minimum atomic E-state index is -1.11. The Morgan fingerprint density at radius 2 is 1.84 bits per heavy atom. The summed E-state index contributed by atoms with van der Waals surface area (Å²) in [7, 11) is 0. The van der Waals surface area contributed by atoms with Gasteiger partial charge in [-0.1, -0.05) is 19.9 Å². The third-order valence-electron chi connectivity index (χ3n) is 2.69. The van der Waals surface area contributed by atoms with Crippen LogP contribution < -0.4 is 0 Å². The van der Waals surface area contributed by atoms with E-state index in [-0.39, 0.29) is 18.8 Å². The summed E-state index contributed by atoms with van der Waals surface area (Å²) in [6.45, 7) is 12.8. The zero-order chi connectivity index (χ0) is 15.3. The van der Waals surface area contributed by atoms with E-state index in [1.54, 1.807) is 26.8 Å². The number of allylic oxidation sites excluding steroid dienone is 1. The average Bonchev–Trinajstić information content (AvgIpc) is 2.12. The van der Waals surface area contributed by atoms with Crippen LogP contribution in [0.5, 0.6) is 0 Å². The molecule has 0 aliphatic rings. The molecule has 4 nitrogen and oxygen atoms in total. The molecule has 0 aliphatic heterocycles. The molecule has 0 heterocycles. The molecular weight excluding hydrogens is 244 g/mol. The maximum absolute atomic E-state index is 11.9. The normalized spacial score (nSPS) is 14.8. The molecule has 0 aliphatic carbocycles. The largest absolute Gasteiger partial charge is 0.481 e. The molecule has 0 saturated heterocycles. The summed E-state index contributed by atoms with van der Waals surface area (Å²) in [5, 5.41) is 9.50. The quantitative estimate of drug-likeness (QED) is 0.569. The van der Waals surface area contributed by atoms with Crippen molar-refractivity contribution in [2.45, 2.75) is 59.5 Å². The molecule has 0 unspecified atom stereocenters. The maximum atomic E-state index is 11.9. The van der Waals surface area contributed by atoms with Crippen molar-refractivity contribution in [3.8, 4) is 0 Å². The molecule has 1 N–H and O–H groups in total. The summed E-state index contributed by atoms with van der Waals surface area (Å²) in [5.41, 5.74) is -1.72. The van der Waals surface area contributed by atoms with Gasteiger partial charge in [-0.25, -0.2) is 0 Å². The molecule has 1 atom stereocenters. The average molecular weight is 270 g/mol. The van der Waals surface area contributed by atoms with Gasteiger partial charge in [0.1, 0.15) is 5.60 Å². The summed E-state index contributed by atoms with van der Waals surface area (Å²) in [6.07, 6.45) is 2.12. The van der Waals surface area contributed by atoms with Gasteiger partial charge in [-0.05, 0) is 39.5 Å². The van der Waals surface area contributed by atoms with Crippen molar-refractivity contribution in [2.24, 2.45) is 11.3 Å². The first-order chi connectivity index (χ1) is 8.52. The molecule has 19 heavy (non-hydrogen) atoms. The van der Waals surface area contributed by atoms with E-state index in [0.717, 1.165) is 0 Å². The van der Waals surface area contributed by atoms with Crippen molar-refractivity contribution < 1.29 is 19.4 Å². The van der Waals surface area contributed by atoms with Crippen LogP contribution >= 0.6 is 0 Å². The predicted octanol–water partition coefficient (Wildman–Crippen LogP) is 3.41. The summed E-state index contributed by atoms with van der Waals surface area (Å²) in [6, 6.07) is 0. The van der Waals surface area contributed by atoms with E-state index in [1.165, 1.54) is 0 Å². The van der Waals surface area contributed by atoms with Gasteiger partial charge in [-0.3, -0.25) is 9.59 Å². The lowest BCUT2D eigenvalue weighted by molar-refractivity contribution is -0.165. The number of hydrogen-bond acceptors (Lipinski definition) is 3.